The predicted molar refractivity (Wildman–Crippen MR) is 78.9 cm³/mol. The summed E-state index contributed by atoms with van der Waals surface area (Å²) >= 11 is 6.25. The molecule has 0 aliphatic rings. The minimum absolute atomic E-state index is 0.523. The van der Waals surface area contributed by atoms with E-state index in [-0.39, 0.29) is 0 Å². The number of nitrogens with one attached hydrogen (secondary N) is 1. The number of ether oxygens (including phenoxy) is 2. The van der Waals surface area contributed by atoms with Crippen molar-refractivity contribution in [2.24, 2.45) is 0 Å². The third-order valence-electron chi connectivity index (χ3n) is 2.38. The first-order valence-electron chi connectivity index (χ1n) is 6.45. The zero-order valence-corrected chi connectivity index (χ0v) is 12.2. The highest BCUT2D eigenvalue weighted by Gasteiger charge is 2.12. The van der Waals surface area contributed by atoms with E-state index in [1.54, 1.807) is 0 Å². The van der Waals surface area contributed by atoms with Crippen molar-refractivity contribution in [3.63, 3.8) is 0 Å². The Morgan fingerprint density at radius 2 is 2.11 bits per heavy atom. The Hall–Kier alpha value is -1.37. The highest BCUT2D eigenvalue weighted by atomic mass is 35.5. The number of halogens is 1. The Kier molecular flexibility index (Phi) is 7.17. The van der Waals surface area contributed by atoms with Crippen molar-refractivity contribution in [2.45, 2.75) is 26.8 Å². The van der Waals surface area contributed by atoms with Gasteiger partial charge in [0.2, 0.25) is 0 Å². The summed E-state index contributed by atoms with van der Waals surface area (Å²) in [6, 6.07) is 3.81. The molecule has 0 aliphatic carbocycles. The van der Waals surface area contributed by atoms with Gasteiger partial charge in [0.05, 0.1) is 24.8 Å². The molecule has 0 saturated heterocycles. The Morgan fingerprint density at radius 1 is 1.32 bits per heavy atom. The van der Waals surface area contributed by atoms with Gasteiger partial charge in [0.15, 0.2) is 11.5 Å². The molecule has 4 heteroatoms. The van der Waals surface area contributed by atoms with Crippen LogP contribution in [0.25, 0.3) is 0 Å². The van der Waals surface area contributed by atoms with Gasteiger partial charge in [0, 0.05) is 6.54 Å². The third-order valence-corrected chi connectivity index (χ3v) is 2.66. The van der Waals surface area contributed by atoms with Gasteiger partial charge in [-0.15, -0.1) is 6.42 Å². The first-order chi connectivity index (χ1) is 9.22. The van der Waals surface area contributed by atoms with Crippen LogP contribution in [0.3, 0.4) is 0 Å². The lowest BCUT2D eigenvalue weighted by Gasteiger charge is -2.15. The first-order valence-corrected chi connectivity index (χ1v) is 6.82. The van der Waals surface area contributed by atoms with E-state index >= 15 is 0 Å². The van der Waals surface area contributed by atoms with Crippen molar-refractivity contribution in [3.05, 3.63) is 22.7 Å². The third kappa shape index (κ3) is 5.02. The van der Waals surface area contributed by atoms with Crippen LogP contribution in [-0.2, 0) is 6.54 Å². The Morgan fingerprint density at radius 3 is 2.74 bits per heavy atom. The van der Waals surface area contributed by atoms with Gasteiger partial charge >= 0.3 is 0 Å². The molecular formula is C15H20ClNO2. The Bertz CT molecular complexity index is 441. The maximum atomic E-state index is 6.25. The van der Waals surface area contributed by atoms with Crippen LogP contribution in [0.1, 0.15) is 25.8 Å². The number of terminal acetylenes is 1. The van der Waals surface area contributed by atoms with Crippen molar-refractivity contribution >= 4 is 11.6 Å². The first kappa shape index (κ1) is 15.7. The van der Waals surface area contributed by atoms with E-state index in [2.05, 4.69) is 11.2 Å². The lowest BCUT2D eigenvalue weighted by atomic mass is 10.2. The average Bonchev–Trinajstić information content (AvgIpc) is 2.38. The molecule has 0 radical (unpaired) electrons. The number of hydrogen-bond donors (Lipinski definition) is 1. The van der Waals surface area contributed by atoms with Gasteiger partial charge < -0.3 is 14.8 Å². The van der Waals surface area contributed by atoms with Crippen molar-refractivity contribution in [2.75, 3.05) is 19.8 Å². The van der Waals surface area contributed by atoms with Gasteiger partial charge in [-0.05, 0) is 31.0 Å². The molecule has 0 heterocycles. The maximum Gasteiger partial charge on any atom is 0.179 e. The molecule has 19 heavy (non-hydrogen) atoms. The Balaban J connectivity index is 2.89. The molecule has 0 aliphatic heterocycles. The summed E-state index contributed by atoms with van der Waals surface area (Å²) < 4.78 is 11.2. The molecule has 0 fully saturated rings. The van der Waals surface area contributed by atoms with Gasteiger partial charge in [0.1, 0.15) is 0 Å². The molecule has 1 aromatic rings. The molecule has 0 bridgehead atoms. The molecular weight excluding hydrogens is 262 g/mol. The normalized spacial score (nSPS) is 10.0. The van der Waals surface area contributed by atoms with E-state index in [9.17, 15) is 0 Å². The van der Waals surface area contributed by atoms with Crippen LogP contribution in [0.5, 0.6) is 11.5 Å². The standard InChI is InChI=1S/C15H20ClNO2/c1-4-7-17-11-12-9-13(16)15(19-8-5-2)14(10-12)18-6-3/h1,9-10,17H,5-8,11H2,2-3H3. The van der Waals surface area contributed by atoms with Crippen LogP contribution in [-0.4, -0.2) is 19.8 Å². The highest BCUT2D eigenvalue weighted by Crippen LogP contribution is 2.36. The summed E-state index contributed by atoms with van der Waals surface area (Å²) in [5.74, 6) is 3.83. The zero-order valence-electron chi connectivity index (χ0n) is 11.5. The maximum absolute atomic E-state index is 6.25. The molecule has 0 saturated carbocycles. The minimum atomic E-state index is 0.523. The van der Waals surface area contributed by atoms with E-state index in [1.807, 2.05) is 26.0 Å². The quantitative estimate of drug-likeness (QED) is 0.586. The summed E-state index contributed by atoms with van der Waals surface area (Å²) in [5, 5.41) is 3.69. The average molecular weight is 282 g/mol. The van der Waals surface area contributed by atoms with Crippen LogP contribution in [0, 0.1) is 12.3 Å². The molecule has 3 nitrogen and oxygen atoms in total. The SMILES string of the molecule is C#CCNCc1cc(Cl)c(OCCC)c(OCC)c1. The smallest absolute Gasteiger partial charge is 0.179 e. The summed E-state index contributed by atoms with van der Waals surface area (Å²) in [4.78, 5) is 0. The van der Waals surface area contributed by atoms with Crippen molar-refractivity contribution in [1.82, 2.24) is 5.32 Å². The van der Waals surface area contributed by atoms with Crippen LogP contribution < -0.4 is 14.8 Å². The number of hydrogen-bond acceptors (Lipinski definition) is 3. The molecule has 0 unspecified atom stereocenters. The second-order valence-electron chi connectivity index (χ2n) is 3.99. The Labute approximate surface area is 120 Å². The summed E-state index contributed by atoms with van der Waals surface area (Å²) in [7, 11) is 0. The molecule has 104 valence electrons. The monoisotopic (exact) mass is 281 g/mol. The highest BCUT2D eigenvalue weighted by molar-refractivity contribution is 6.32. The largest absolute Gasteiger partial charge is 0.490 e. The number of rotatable bonds is 8. The molecule has 1 N–H and O–H groups in total. The van der Waals surface area contributed by atoms with Crippen LogP contribution in [0.2, 0.25) is 5.02 Å². The molecule has 0 atom stereocenters. The summed E-state index contributed by atoms with van der Waals surface area (Å²) in [6.07, 6.45) is 6.12. The lowest BCUT2D eigenvalue weighted by molar-refractivity contribution is 0.277. The fourth-order valence-electron chi connectivity index (χ4n) is 1.61. The van der Waals surface area contributed by atoms with Gasteiger partial charge in [-0.2, -0.15) is 0 Å². The van der Waals surface area contributed by atoms with Gasteiger partial charge in [0.25, 0.3) is 0 Å². The number of benzene rings is 1. The van der Waals surface area contributed by atoms with Gasteiger partial charge in [-0.3, -0.25) is 0 Å². The van der Waals surface area contributed by atoms with Crippen LogP contribution in [0.4, 0.5) is 0 Å². The fraction of sp³-hybridized carbons (Fsp3) is 0.467. The van der Waals surface area contributed by atoms with Crippen LogP contribution in [0.15, 0.2) is 12.1 Å². The molecule has 0 amide bonds. The summed E-state index contributed by atoms with van der Waals surface area (Å²) in [5.41, 5.74) is 1.02. The van der Waals surface area contributed by atoms with E-state index < -0.39 is 0 Å². The van der Waals surface area contributed by atoms with Gasteiger partial charge in [-0.25, -0.2) is 0 Å². The van der Waals surface area contributed by atoms with E-state index in [0.717, 1.165) is 12.0 Å². The topological polar surface area (TPSA) is 30.5 Å². The van der Waals surface area contributed by atoms with E-state index in [0.29, 0.717) is 42.8 Å². The molecule has 0 aromatic heterocycles. The van der Waals surface area contributed by atoms with E-state index in [4.69, 9.17) is 27.5 Å². The summed E-state index contributed by atoms with van der Waals surface area (Å²) in [6.45, 7) is 6.34. The van der Waals surface area contributed by atoms with Crippen LogP contribution >= 0.6 is 11.6 Å². The van der Waals surface area contributed by atoms with E-state index in [1.165, 1.54) is 0 Å². The van der Waals surface area contributed by atoms with Crippen molar-refractivity contribution in [3.8, 4) is 23.8 Å². The van der Waals surface area contributed by atoms with Crippen molar-refractivity contribution in [1.29, 1.82) is 0 Å². The molecule has 0 spiro atoms. The predicted octanol–water partition coefficient (Wildman–Crippen LogP) is 3.25. The minimum Gasteiger partial charge on any atom is -0.490 e. The fourth-order valence-corrected chi connectivity index (χ4v) is 1.90. The van der Waals surface area contributed by atoms with Crippen molar-refractivity contribution < 1.29 is 9.47 Å². The second-order valence-corrected chi connectivity index (χ2v) is 4.40. The molecule has 1 aromatic carbocycles. The molecule has 1 rings (SSSR count). The zero-order chi connectivity index (χ0) is 14.1. The van der Waals surface area contributed by atoms with Gasteiger partial charge in [-0.1, -0.05) is 24.4 Å². The lowest BCUT2D eigenvalue weighted by Crippen LogP contribution is -2.13. The second kappa shape index (κ2) is 8.68.